The number of aryl methyl sites for hydroxylation is 2. The van der Waals surface area contributed by atoms with Crippen LogP contribution in [-0.4, -0.2) is 28.5 Å². The first-order valence-corrected chi connectivity index (χ1v) is 8.75. The van der Waals surface area contributed by atoms with Crippen molar-refractivity contribution in [1.29, 1.82) is 0 Å². The predicted octanol–water partition coefficient (Wildman–Crippen LogP) is 3.98. The predicted molar refractivity (Wildman–Crippen MR) is 104 cm³/mol. The third-order valence-corrected chi connectivity index (χ3v) is 4.17. The van der Waals surface area contributed by atoms with Gasteiger partial charge in [0.1, 0.15) is 12.4 Å². The van der Waals surface area contributed by atoms with Crippen molar-refractivity contribution < 1.29 is 19.5 Å². The number of hydrogen-bond acceptors (Lipinski definition) is 4. The average molecular weight is 366 g/mol. The van der Waals surface area contributed by atoms with E-state index in [0.29, 0.717) is 6.61 Å². The molecule has 0 unspecified atom stereocenters. The van der Waals surface area contributed by atoms with Gasteiger partial charge in [-0.2, -0.15) is 0 Å². The number of carboxylic acid groups (broad SMARTS) is 1. The van der Waals surface area contributed by atoms with Crippen molar-refractivity contribution in [3.05, 3.63) is 65.4 Å². The molecule has 0 amide bonds. The molecule has 6 nitrogen and oxygen atoms in total. The Kier molecular flexibility index (Phi) is 5.76. The summed E-state index contributed by atoms with van der Waals surface area (Å²) in [6.07, 6.45) is 3.49. The fraction of sp³-hybridized carbons (Fsp3) is 0.238. The van der Waals surface area contributed by atoms with E-state index < -0.39 is 12.6 Å². The quantitative estimate of drug-likeness (QED) is 0.483. The van der Waals surface area contributed by atoms with E-state index >= 15 is 0 Å². The number of hydrogen-bond donors (Lipinski definition) is 1. The van der Waals surface area contributed by atoms with Crippen molar-refractivity contribution in [2.24, 2.45) is 5.16 Å². The number of carboxylic acids is 1. The summed E-state index contributed by atoms with van der Waals surface area (Å²) in [6, 6.07) is 14.1. The van der Waals surface area contributed by atoms with E-state index in [2.05, 4.69) is 35.7 Å². The van der Waals surface area contributed by atoms with Gasteiger partial charge in [-0.1, -0.05) is 35.0 Å². The number of fused-ring (bicyclic) bond motifs is 1. The third-order valence-electron chi connectivity index (χ3n) is 4.17. The molecule has 0 radical (unpaired) electrons. The standard InChI is InChI=1S/C21H22N2O4/c1-3-23-12-17(11-22-27-14-21(24)25)19-10-18(7-8-20(19)23)26-13-16-6-4-5-15(2)9-16/h4-12H,3,13-14H2,1-2H3,(H,24,25). The molecule has 1 N–H and O–H groups in total. The molecule has 3 rings (SSSR count). The number of aromatic nitrogens is 1. The third kappa shape index (κ3) is 4.67. The highest BCUT2D eigenvalue weighted by Crippen LogP contribution is 2.26. The lowest BCUT2D eigenvalue weighted by Gasteiger charge is -2.08. The summed E-state index contributed by atoms with van der Waals surface area (Å²) in [5.74, 6) is -0.297. The minimum Gasteiger partial charge on any atom is -0.489 e. The first-order valence-electron chi connectivity index (χ1n) is 8.75. The van der Waals surface area contributed by atoms with Crippen LogP contribution in [-0.2, 0) is 22.8 Å². The Labute approximate surface area is 157 Å². The molecule has 0 aliphatic rings. The molecule has 6 heteroatoms. The number of carbonyl (C=O) groups is 1. The van der Waals surface area contributed by atoms with Crippen LogP contribution in [0.2, 0.25) is 0 Å². The van der Waals surface area contributed by atoms with E-state index in [1.54, 1.807) is 0 Å². The molecule has 0 fully saturated rings. The Morgan fingerprint density at radius 3 is 2.85 bits per heavy atom. The molecule has 27 heavy (non-hydrogen) atoms. The summed E-state index contributed by atoms with van der Waals surface area (Å²) in [6.45, 7) is 4.95. The van der Waals surface area contributed by atoms with E-state index in [9.17, 15) is 4.79 Å². The maximum absolute atomic E-state index is 10.5. The number of rotatable bonds is 8. The summed E-state index contributed by atoms with van der Waals surface area (Å²) in [7, 11) is 0. The second-order valence-electron chi connectivity index (χ2n) is 6.23. The van der Waals surface area contributed by atoms with E-state index in [0.717, 1.165) is 34.3 Å². The highest BCUT2D eigenvalue weighted by Gasteiger charge is 2.08. The smallest absolute Gasteiger partial charge is 0.344 e. The lowest BCUT2D eigenvalue weighted by atomic mass is 10.1. The summed E-state index contributed by atoms with van der Waals surface area (Å²) in [4.78, 5) is 15.3. The number of benzene rings is 2. The van der Waals surface area contributed by atoms with Gasteiger partial charge in [-0.15, -0.1) is 0 Å². The summed E-state index contributed by atoms with van der Waals surface area (Å²) in [5, 5.41) is 13.3. The molecule has 0 bridgehead atoms. The first kappa shape index (κ1) is 18.5. The molecule has 0 saturated heterocycles. The summed E-state index contributed by atoms with van der Waals surface area (Å²) in [5.41, 5.74) is 4.22. The fourth-order valence-corrected chi connectivity index (χ4v) is 2.91. The van der Waals surface area contributed by atoms with E-state index in [-0.39, 0.29) is 0 Å². The summed E-state index contributed by atoms with van der Waals surface area (Å²) < 4.78 is 8.04. The van der Waals surface area contributed by atoms with Crippen molar-refractivity contribution in [3.63, 3.8) is 0 Å². The molecule has 0 spiro atoms. The molecular weight excluding hydrogens is 344 g/mol. The molecule has 0 atom stereocenters. The van der Waals surface area contributed by atoms with Gasteiger partial charge < -0.3 is 19.2 Å². The lowest BCUT2D eigenvalue weighted by molar-refractivity contribution is -0.142. The number of oxime groups is 1. The van der Waals surface area contributed by atoms with Crippen molar-refractivity contribution in [3.8, 4) is 5.75 Å². The summed E-state index contributed by atoms with van der Waals surface area (Å²) >= 11 is 0. The normalized spacial score (nSPS) is 11.2. The Bertz CT molecular complexity index is 975. The molecule has 140 valence electrons. The van der Waals surface area contributed by atoms with Gasteiger partial charge in [-0.25, -0.2) is 4.79 Å². The Morgan fingerprint density at radius 1 is 1.26 bits per heavy atom. The van der Waals surface area contributed by atoms with Gasteiger partial charge in [-0.3, -0.25) is 0 Å². The van der Waals surface area contributed by atoms with E-state index in [4.69, 9.17) is 14.7 Å². The Balaban J connectivity index is 1.81. The van der Waals surface area contributed by atoms with Crippen LogP contribution in [0.1, 0.15) is 23.6 Å². The number of aliphatic carboxylic acids is 1. The molecule has 2 aromatic carbocycles. The van der Waals surface area contributed by atoms with E-state index in [1.165, 1.54) is 11.8 Å². The van der Waals surface area contributed by atoms with Gasteiger partial charge in [-0.05, 0) is 37.6 Å². The van der Waals surface area contributed by atoms with Crippen molar-refractivity contribution in [2.45, 2.75) is 27.0 Å². The zero-order chi connectivity index (χ0) is 19.2. The lowest BCUT2D eigenvalue weighted by Crippen LogP contribution is -2.03. The van der Waals surface area contributed by atoms with Crippen LogP contribution in [0.4, 0.5) is 0 Å². The van der Waals surface area contributed by atoms with Crippen molar-refractivity contribution in [1.82, 2.24) is 4.57 Å². The highest BCUT2D eigenvalue weighted by molar-refractivity contribution is 5.99. The Morgan fingerprint density at radius 2 is 2.11 bits per heavy atom. The maximum Gasteiger partial charge on any atom is 0.344 e. The monoisotopic (exact) mass is 366 g/mol. The van der Waals surface area contributed by atoms with Crippen molar-refractivity contribution in [2.75, 3.05) is 6.61 Å². The molecule has 1 heterocycles. The zero-order valence-electron chi connectivity index (χ0n) is 15.4. The fourth-order valence-electron chi connectivity index (χ4n) is 2.91. The SMILES string of the molecule is CCn1cc(C=NOCC(=O)O)c2cc(OCc3cccc(C)c3)ccc21. The molecular formula is C21H22N2O4. The van der Waals surface area contributed by atoms with Crippen LogP contribution in [0.25, 0.3) is 10.9 Å². The van der Waals surface area contributed by atoms with Crippen LogP contribution >= 0.6 is 0 Å². The second kappa shape index (κ2) is 8.40. The highest BCUT2D eigenvalue weighted by atomic mass is 16.6. The number of nitrogens with zero attached hydrogens (tertiary/aromatic N) is 2. The average Bonchev–Trinajstić information content (AvgIpc) is 3.01. The van der Waals surface area contributed by atoms with Crippen LogP contribution in [0.3, 0.4) is 0 Å². The van der Waals surface area contributed by atoms with Gasteiger partial charge in [0.2, 0.25) is 6.61 Å². The van der Waals surface area contributed by atoms with Crippen LogP contribution in [0.5, 0.6) is 5.75 Å². The molecule has 0 aliphatic carbocycles. The van der Waals surface area contributed by atoms with Crippen LogP contribution < -0.4 is 4.74 Å². The molecule has 1 aromatic heterocycles. The number of ether oxygens (including phenoxy) is 1. The minimum absolute atomic E-state index is 0.465. The molecule has 0 saturated carbocycles. The topological polar surface area (TPSA) is 73.1 Å². The maximum atomic E-state index is 10.5. The minimum atomic E-state index is -1.06. The van der Waals surface area contributed by atoms with Crippen LogP contribution in [0, 0.1) is 6.92 Å². The van der Waals surface area contributed by atoms with E-state index in [1.807, 2.05) is 36.5 Å². The zero-order valence-corrected chi connectivity index (χ0v) is 15.4. The van der Waals surface area contributed by atoms with Gasteiger partial charge in [0.15, 0.2) is 0 Å². The van der Waals surface area contributed by atoms with Gasteiger partial charge in [0.05, 0.1) is 6.21 Å². The van der Waals surface area contributed by atoms with Gasteiger partial charge >= 0.3 is 5.97 Å². The molecule has 0 aliphatic heterocycles. The Hall–Kier alpha value is -3.28. The van der Waals surface area contributed by atoms with Gasteiger partial charge in [0.25, 0.3) is 0 Å². The van der Waals surface area contributed by atoms with Crippen molar-refractivity contribution >= 4 is 23.1 Å². The second-order valence-corrected chi connectivity index (χ2v) is 6.23. The van der Waals surface area contributed by atoms with Gasteiger partial charge in [0, 0.05) is 29.2 Å². The first-order chi connectivity index (χ1) is 13.1. The molecule has 3 aromatic rings. The van der Waals surface area contributed by atoms with Crippen LogP contribution in [0.15, 0.2) is 53.8 Å². The largest absolute Gasteiger partial charge is 0.489 e.